The van der Waals surface area contributed by atoms with Crippen LogP contribution in [0.3, 0.4) is 0 Å². The van der Waals surface area contributed by atoms with Gasteiger partial charge in [-0.3, -0.25) is 19.3 Å². The van der Waals surface area contributed by atoms with E-state index in [9.17, 15) is 24.3 Å². The van der Waals surface area contributed by atoms with Crippen molar-refractivity contribution < 1.29 is 34.1 Å². The highest BCUT2D eigenvalue weighted by atomic mass is 16.6. The Morgan fingerprint density at radius 3 is 1.91 bits per heavy atom. The van der Waals surface area contributed by atoms with Crippen molar-refractivity contribution in [2.24, 2.45) is 17.6 Å². The first kappa shape index (κ1) is 42.0. The van der Waals surface area contributed by atoms with E-state index in [1.54, 1.807) is 58.0 Å². The minimum atomic E-state index is -2.04. The fourth-order valence-corrected chi connectivity index (χ4v) is 5.80. The summed E-state index contributed by atoms with van der Waals surface area (Å²) in [6.45, 7) is 13.1. The first-order valence-electron chi connectivity index (χ1n) is 17.6. The number of ether oxygens (including phenoxy) is 1. The molecule has 0 aliphatic rings. The lowest BCUT2D eigenvalue weighted by atomic mass is 9.79. The van der Waals surface area contributed by atoms with Gasteiger partial charge in [0.2, 0.25) is 11.4 Å². The maximum atomic E-state index is 14.4. The third-order valence-corrected chi connectivity index (χ3v) is 8.47. The molecule has 10 heteroatoms. The van der Waals surface area contributed by atoms with E-state index in [-0.39, 0.29) is 18.8 Å². The van der Waals surface area contributed by atoms with Gasteiger partial charge in [0.25, 0.3) is 5.91 Å². The molecule has 2 amide bonds. The molecule has 47 heavy (non-hydrogen) atoms. The molecule has 0 saturated heterocycles. The molecule has 0 fully saturated rings. The van der Waals surface area contributed by atoms with Crippen molar-refractivity contribution in [2.75, 3.05) is 11.4 Å². The van der Waals surface area contributed by atoms with E-state index in [4.69, 9.17) is 15.6 Å². The molecule has 0 aliphatic heterocycles. The summed E-state index contributed by atoms with van der Waals surface area (Å²) in [5.74, 6) is -3.20. The fraction of sp³-hybridized carbons (Fsp3) is 0.730. The number of anilines is 1. The van der Waals surface area contributed by atoms with Crippen LogP contribution in [0.5, 0.6) is 0 Å². The maximum absolute atomic E-state index is 14.4. The van der Waals surface area contributed by atoms with Crippen LogP contribution < -0.4 is 16.0 Å². The van der Waals surface area contributed by atoms with Gasteiger partial charge in [0, 0.05) is 24.7 Å². The Balaban J connectivity index is 3.24. The van der Waals surface area contributed by atoms with Crippen molar-refractivity contribution in [3.05, 3.63) is 30.3 Å². The number of aliphatic hydroxyl groups is 1. The Bertz CT molecular complexity index is 1090. The van der Waals surface area contributed by atoms with Crippen molar-refractivity contribution in [1.29, 1.82) is 0 Å². The number of nitrogens with zero attached hydrogens (tertiary/aromatic N) is 1. The van der Waals surface area contributed by atoms with Crippen molar-refractivity contribution in [1.82, 2.24) is 5.32 Å². The van der Waals surface area contributed by atoms with Gasteiger partial charge >= 0.3 is 11.9 Å². The van der Waals surface area contributed by atoms with Crippen LogP contribution in [0.2, 0.25) is 0 Å². The monoisotopic (exact) mass is 661 g/mol. The quantitative estimate of drug-likeness (QED) is 0.0598. The minimum Gasteiger partial charge on any atom is -0.481 e. The first-order valence-corrected chi connectivity index (χ1v) is 17.6. The number of carboxylic acid groups (broad SMARTS) is 1. The number of benzene rings is 1. The highest BCUT2D eigenvalue weighted by molar-refractivity contribution is 6.17. The van der Waals surface area contributed by atoms with Crippen LogP contribution in [0, 0.1) is 11.8 Å². The second-order valence-electron chi connectivity index (χ2n) is 14.3. The SMILES string of the molecule is CC[C@H](C)[C@](C(=O)NCCCCCCCCCCCC(=O)O)(C(=O)OC(C)(C)C)N(C(=O)C[C@H](O)[C@@H](N)CC(C)C)c1ccccc1. The van der Waals surface area contributed by atoms with Crippen molar-refractivity contribution in [3.63, 3.8) is 0 Å². The standard InChI is InChI=1S/C37H63N3O7/c1-8-28(4)37(35(46)47-36(5,6)7,34(45)39-24-20-15-13-11-9-10-12-14-19-23-33(43)44)40(29-21-17-16-18-22-29)32(42)26-31(41)30(38)25-27(2)3/h16-18,21-22,27-28,30-31,41H,8-15,19-20,23-26,38H2,1-7H3,(H,39,45)(H,43,44)/t28-,30-,31-,37-/m0/s1. The molecule has 0 spiro atoms. The number of unbranched alkanes of at least 4 members (excludes halogenated alkanes) is 8. The number of hydrogen-bond acceptors (Lipinski definition) is 7. The Kier molecular flexibility index (Phi) is 18.9. The summed E-state index contributed by atoms with van der Waals surface area (Å²) < 4.78 is 5.91. The zero-order chi connectivity index (χ0) is 35.6. The number of esters is 1. The van der Waals surface area contributed by atoms with Crippen LogP contribution in [0.1, 0.15) is 132 Å². The molecular formula is C37H63N3O7. The maximum Gasteiger partial charge on any atom is 0.343 e. The summed E-state index contributed by atoms with van der Waals surface area (Å²) in [6, 6.07) is 7.97. The van der Waals surface area contributed by atoms with Crippen LogP contribution in [0.15, 0.2) is 30.3 Å². The molecule has 0 saturated carbocycles. The third kappa shape index (κ3) is 14.4. The Morgan fingerprint density at radius 2 is 1.43 bits per heavy atom. The highest BCUT2D eigenvalue weighted by Gasteiger charge is 2.59. The average molecular weight is 662 g/mol. The summed E-state index contributed by atoms with van der Waals surface area (Å²) in [4.78, 5) is 54.9. The lowest BCUT2D eigenvalue weighted by Crippen LogP contribution is -2.70. The van der Waals surface area contributed by atoms with E-state index in [0.717, 1.165) is 51.4 Å². The number of para-hydroxylation sites is 1. The number of amides is 2. The van der Waals surface area contributed by atoms with E-state index in [1.807, 2.05) is 20.8 Å². The number of hydrogen-bond donors (Lipinski definition) is 4. The predicted octanol–water partition coefficient (Wildman–Crippen LogP) is 6.37. The molecule has 0 radical (unpaired) electrons. The van der Waals surface area contributed by atoms with E-state index < -0.39 is 53.0 Å². The second kappa shape index (κ2) is 21.1. The Morgan fingerprint density at radius 1 is 0.894 bits per heavy atom. The molecule has 0 aliphatic carbocycles. The van der Waals surface area contributed by atoms with Crippen molar-refractivity contribution in [3.8, 4) is 0 Å². The van der Waals surface area contributed by atoms with Crippen molar-refractivity contribution in [2.45, 2.75) is 155 Å². The van der Waals surface area contributed by atoms with Gasteiger partial charge in [0.05, 0.1) is 12.5 Å². The smallest absolute Gasteiger partial charge is 0.343 e. The molecule has 268 valence electrons. The van der Waals surface area contributed by atoms with Gasteiger partial charge in [-0.2, -0.15) is 0 Å². The van der Waals surface area contributed by atoms with Crippen LogP contribution in [0.25, 0.3) is 0 Å². The van der Waals surface area contributed by atoms with Crippen LogP contribution >= 0.6 is 0 Å². The van der Waals surface area contributed by atoms with Gasteiger partial charge < -0.3 is 26.0 Å². The zero-order valence-electron chi connectivity index (χ0n) is 30.1. The predicted molar refractivity (Wildman–Crippen MR) is 187 cm³/mol. The third-order valence-electron chi connectivity index (χ3n) is 8.47. The lowest BCUT2D eigenvalue weighted by molar-refractivity contribution is -0.168. The van der Waals surface area contributed by atoms with E-state index in [1.165, 1.54) is 4.90 Å². The molecular weight excluding hydrogens is 598 g/mol. The van der Waals surface area contributed by atoms with Gasteiger partial charge in [-0.1, -0.05) is 97.3 Å². The number of carbonyl (C=O) groups is 4. The van der Waals surface area contributed by atoms with E-state index in [0.29, 0.717) is 31.5 Å². The molecule has 10 nitrogen and oxygen atoms in total. The van der Waals surface area contributed by atoms with Crippen LogP contribution in [0.4, 0.5) is 5.69 Å². The van der Waals surface area contributed by atoms with Gasteiger partial charge in [-0.15, -0.1) is 0 Å². The molecule has 5 N–H and O–H groups in total. The number of nitrogens with one attached hydrogen (secondary N) is 1. The molecule has 1 rings (SSSR count). The molecule has 0 unspecified atom stereocenters. The topological polar surface area (TPSA) is 159 Å². The van der Waals surface area contributed by atoms with Crippen LogP contribution in [-0.2, 0) is 23.9 Å². The number of nitrogens with two attached hydrogens (primary N) is 1. The number of rotatable bonds is 23. The van der Waals surface area contributed by atoms with Gasteiger partial charge in [0.1, 0.15) is 5.60 Å². The van der Waals surface area contributed by atoms with E-state index >= 15 is 0 Å². The van der Waals surface area contributed by atoms with Gasteiger partial charge in [0.15, 0.2) is 0 Å². The van der Waals surface area contributed by atoms with Gasteiger partial charge in [-0.25, -0.2) is 4.79 Å². The summed E-state index contributed by atoms with van der Waals surface area (Å²) in [5.41, 5.74) is 3.63. The van der Waals surface area contributed by atoms with Crippen LogP contribution in [-0.4, -0.2) is 63.8 Å². The summed E-state index contributed by atoms with van der Waals surface area (Å²) >= 11 is 0. The van der Waals surface area contributed by atoms with E-state index in [2.05, 4.69) is 5.32 Å². The second-order valence-corrected chi connectivity index (χ2v) is 14.3. The number of aliphatic carboxylic acids is 1. The molecule has 1 aromatic rings. The largest absolute Gasteiger partial charge is 0.481 e. The Labute approximate surface area is 283 Å². The molecule has 4 atom stereocenters. The summed E-state index contributed by atoms with van der Waals surface area (Å²) in [5, 5.41) is 22.7. The molecule has 0 heterocycles. The number of carboxylic acids is 1. The average Bonchev–Trinajstić information content (AvgIpc) is 2.98. The van der Waals surface area contributed by atoms with Gasteiger partial charge in [-0.05, 0) is 64.0 Å². The zero-order valence-corrected chi connectivity index (χ0v) is 30.1. The first-order chi connectivity index (χ1) is 22.1. The molecule has 0 bridgehead atoms. The molecule has 1 aromatic carbocycles. The fourth-order valence-electron chi connectivity index (χ4n) is 5.80. The summed E-state index contributed by atoms with van der Waals surface area (Å²) in [7, 11) is 0. The van der Waals surface area contributed by atoms with Crippen molar-refractivity contribution >= 4 is 29.4 Å². The minimum absolute atomic E-state index is 0.210. The molecule has 0 aromatic heterocycles. The normalized spacial score (nSPS) is 14.9. The number of aliphatic hydroxyl groups excluding tert-OH is 1. The highest BCUT2D eigenvalue weighted by Crippen LogP contribution is 2.36. The lowest BCUT2D eigenvalue weighted by Gasteiger charge is -2.45. The summed E-state index contributed by atoms with van der Waals surface area (Å²) in [6.07, 6.45) is 8.08. The number of carbonyl (C=O) groups excluding carboxylic acids is 3. The Hall–Kier alpha value is -2.98.